The second kappa shape index (κ2) is 4.15. The first kappa shape index (κ1) is 9.87. The molecule has 1 heterocycles. The zero-order valence-corrected chi connectivity index (χ0v) is 7.22. The number of halogens is 3. The molecule has 0 fully saturated rings. The smallest absolute Gasteiger partial charge is 0.245 e. The van der Waals surface area contributed by atoms with Crippen molar-refractivity contribution in [3.8, 4) is 6.07 Å². The Labute approximate surface area is 78.8 Å². The molecule has 0 aliphatic rings. The lowest BCUT2D eigenvalue weighted by Gasteiger charge is -2.05. The third kappa shape index (κ3) is 1.93. The molecule has 0 atom stereocenters. The molecule has 0 saturated carbocycles. The maximum Gasteiger partial charge on any atom is 0.264 e. The molecular formula is C8H5ClF2N2. The molecule has 0 N–H and O–H groups in total. The minimum atomic E-state index is -2.62. The van der Waals surface area contributed by atoms with E-state index in [1.54, 1.807) is 6.07 Å². The lowest BCUT2D eigenvalue weighted by atomic mass is 10.1. The molecule has 0 saturated heterocycles. The molecule has 0 amide bonds. The summed E-state index contributed by atoms with van der Waals surface area (Å²) in [7, 11) is 0. The maximum absolute atomic E-state index is 12.3. The third-order valence-corrected chi connectivity index (χ3v) is 1.83. The number of alkyl halides is 3. The summed E-state index contributed by atoms with van der Waals surface area (Å²) in [6.07, 6.45) is -1.44. The van der Waals surface area contributed by atoms with Crippen molar-refractivity contribution in [2.45, 2.75) is 12.3 Å². The first-order valence-corrected chi connectivity index (χ1v) is 3.96. The molecule has 68 valence electrons. The van der Waals surface area contributed by atoms with Crippen molar-refractivity contribution >= 4 is 11.6 Å². The highest BCUT2D eigenvalue weighted by molar-refractivity contribution is 6.17. The summed E-state index contributed by atoms with van der Waals surface area (Å²) in [6.45, 7) is 0. The van der Waals surface area contributed by atoms with Gasteiger partial charge in [-0.05, 0) is 6.07 Å². The summed E-state index contributed by atoms with van der Waals surface area (Å²) >= 11 is 5.44. The highest BCUT2D eigenvalue weighted by Crippen LogP contribution is 2.25. The second-order valence-electron chi connectivity index (χ2n) is 2.27. The van der Waals surface area contributed by atoms with E-state index in [4.69, 9.17) is 16.9 Å². The van der Waals surface area contributed by atoms with Gasteiger partial charge in [0, 0.05) is 17.3 Å². The molecule has 0 aliphatic carbocycles. The van der Waals surface area contributed by atoms with E-state index in [9.17, 15) is 8.78 Å². The van der Waals surface area contributed by atoms with Crippen LogP contribution in [0.1, 0.15) is 23.2 Å². The van der Waals surface area contributed by atoms with Gasteiger partial charge in [-0.3, -0.25) is 0 Å². The molecule has 13 heavy (non-hydrogen) atoms. The summed E-state index contributed by atoms with van der Waals surface area (Å²) in [5, 5.41) is 8.54. The molecule has 1 aromatic heterocycles. The van der Waals surface area contributed by atoms with Crippen LogP contribution < -0.4 is 0 Å². The number of aromatic nitrogens is 1. The van der Waals surface area contributed by atoms with Crippen LogP contribution in [0.3, 0.4) is 0 Å². The van der Waals surface area contributed by atoms with Crippen molar-refractivity contribution in [3.63, 3.8) is 0 Å². The van der Waals surface area contributed by atoms with Gasteiger partial charge in [0.05, 0.1) is 5.88 Å². The van der Waals surface area contributed by atoms with Crippen LogP contribution in [0, 0.1) is 11.3 Å². The van der Waals surface area contributed by atoms with Gasteiger partial charge in [0.2, 0.25) is 0 Å². The zero-order valence-electron chi connectivity index (χ0n) is 6.47. The van der Waals surface area contributed by atoms with Crippen LogP contribution in [0.2, 0.25) is 0 Å². The first-order valence-electron chi connectivity index (χ1n) is 3.42. The Morgan fingerprint density at radius 1 is 1.62 bits per heavy atom. The Morgan fingerprint density at radius 2 is 2.31 bits per heavy atom. The predicted molar refractivity (Wildman–Crippen MR) is 43.5 cm³/mol. The van der Waals surface area contributed by atoms with E-state index in [0.29, 0.717) is 0 Å². The minimum absolute atomic E-state index is 0.0344. The van der Waals surface area contributed by atoms with Gasteiger partial charge in [-0.1, -0.05) is 0 Å². The van der Waals surface area contributed by atoms with Crippen molar-refractivity contribution in [3.05, 3.63) is 29.1 Å². The third-order valence-electron chi connectivity index (χ3n) is 1.57. The number of rotatable bonds is 2. The Kier molecular flexibility index (Phi) is 3.15. The Hall–Kier alpha value is -1.21. The van der Waals surface area contributed by atoms with Crippen molar-refractivity contribution in [1.29, 1.82) is 5.26 Å². The summed E-state index contributed by atoms with van der Waals surface area (Å²) in [5.41, 5.74) is -0.143. The Bertz CT molecular complexity index is 346. The molecule has 0 unspecified atom stereocenters. The number of nitriles is 1. The van der Waals surface area contributed by atoms with E-state index in [-0.39, 0.29) is 22.7 Å². The van der Waals surface area contributed by atoms with Crippen LogP contribution in [-0.2, 0) is 5.88 Å². The van der Waals surface area contributed by atoms with Crippen molar-refractivity contribution in [2.75, 3.05) is 0 Å². The second-order valence-corrected chi connectivity index (χ2v) is 2.54. The fraction of sp³-hybridized carbons (Fsp3) is 0.250. The minimum Gasteiger partial charge on any atom is -0.245 e. The number of pyridine rings is 1. The summed E-state index contributed by atoms with van der Waals surface area (Å²) in [4.78, 5) is 3.63. The van der Waals surface area contributed by atoms with Crippen molar-refractivity contribution < 1.29 is 8.78 Å². The topological polar surface area (TPSA) is 36.7 Å². The predicted octanol–water partition coefficient (Wildman–Crippen LogP) is 2.63. The Morgan fingerprint density at radius 3 is 2.77 bits per heavy atom. The SMILES string of the molecule is N#Cc1nccc(C(F)F)c1CCl. The molecule has 0 radical (unpaired) electrons. The van der Waals surface area contributed by atoms with Crippen LogP contribution >= 0.6 is 11.6 Å². The van der Waals surface area contributed by atoms with Crippen LogP contribution in [0.25, 0.3) is 0 Å². The van der Waals surface area contributed by atoms with E-state index >= 15 is 0 Å². The van der Waals surface area contributed by atoms with Crippen molar-refractivity contribution in [2.24, 2.45) is 0 Å². The standard InChI is InChI=1S/C8H5ClF2N2/c9-3-6-5(8(10)11)1-2-13-7(6)4-12/h1-2,8H,3H2. The van der Waals surface area contributed by atoms with Crippen LogP contribution in [0.5, 0.6) is 0 Å². The van der Waals surface area contributed by atoms with Gasteiger partial charge >= 0.3 is 0 Å². The molecule has 5 heteroatoms. The normalized spacial score (nSPS) is 10.1. The largest absolute Gasteiger partial charge is 0.264 e. The fourth-order valence-corrected chi connectivity index (χ4v) is 1.23. The van der Waals surface area contributed by atoms with Gasteiger partial charge in [0.25, 0.3) is 6.43 Å². The summed E-state index contributed by atoms with van der Waals surface area (Å²) in [6, 6.07) is 2.88. The molecule has 0 aliphatic heterocycles. The quantitative estimate of drug-likeness (QED) is 0.692. The molecule has 0 aromatic carbocycles. The first-order chi connectivity index (χ1) is 6.20. The molecule has 0 spiro atoms. The maximum atomic E-state index is 12.3. The zero-order chi connectivity index (χ0) is 9.84. The molecule has 0 bridgehead atoms. The number of nitrogens with zero attached hydrogens (tertiary/aromatic N) is 2. The summed E-state index contributed by atoms with van der Waals surface area (Å²) in [5.74, 6) is -0.129. The molecule has 2 nitrogen and oxygen atoms in total. The average molecular weight is 203 g/mol. The van der Waals surface area contributed by atoms with Gasteiger partial charge in [0.1, 0.15) is 11.8 Å². The van der Waals surface area contributed by atoms with Crippen molar-refractivity contribution in [1.82, 2.24) is 4.98 Å². The number of hydrogen-bond acceptors (Lipinski definition) is 2. The highest BCUT2D eigenvalue weighted by atomic mass is 35.5. The lowest BCUT2D eigenvalue weighted by molar-refractivity contribution is 0.150. The van der Waals surface area contributed by atoms with Gasteiger partial charge < -0.3 is 0 Å². The Balaban J connectivity index is 3.29. The van der Waals surface area contributed by atoms with Gasteiger partial charge in [-0.25, -0.2) is 13.8 Å². The van der Waals surface area contributed by atoms with Crippen LogP contribution in [0.4, 0.5) is 8.78 Å². The molecular weight excluding hydrogens is 198 g/mol. The van der Waals surface area contributed by atoms with Crippen LogP contribution in [0.15, 0.2) is 12.3 Å². The fourth-order valence-electron chi connectivity index (χ4n) is 0.949. The summed E-state index contributed by atoms with van der Waals surface area (Å²) < 4.78 is 24.7. The van der Waals surface area contributed by atoms with Gasteiger partial charge in [0.15, 0.2) is 0 Å². The van der Waals surface area contributed by atoms with E-state index in [0.717, 1.165) is 0 Å². The molecule has 1 rings (SSSR count). The monoisotopic (exact) mass is 202 g/mol. The lowest BCUT2D eigenvalue weighted by Crippen LogP contribution is -1.98. The van der Waals surface area contributed by atoms with E-state index in [1.165, 1.54) is 12.3 Å². The van der Waals surface area contributed by atoms with E-state index in [2.05, 4.69) is 4.98 Å². The van der Waals surface area contributed by atoms with Gasteiger partial charge in [-0.2, -0.15) is 5.26 Å². The van der Waals surface area contributed by atoms with E-state index in [1.807, 2.05) is 0 Å². The van der Waals surface area contributed by atoms with Gasteiger partial charge in [-0.15, -0.1) is 11.6 Å². The molecule has 1 aromatic rings. The van der Waals surface area contributed by atoms with Crippen LogP contribution in [-0.4, -0.2) is 4.98 Å². The van der Waals surface area contributed by atoms with E-state index < -0.39 is 6.43 Å². The average Bonchev–Trinajstić information content (AvgIpc) is 2.16. The highest BCUT2D eigenvalue weighted by Gasteiger charge is 2.15. The number of hydrogen-bond donors (Lipinski definition) is 0.